The standard InChI is InChI=1S/C70H108O6/c1-4-7-10-13-16-19-21-23-25-27-29-31-32-33-34-35-36-37-38-40-41-43-45-47-49-51-54-57-60-63-69(72)75-66-67(65-74-68(71)62-59-56-53-18-15-12-9-6-3)76-70(73)64-61-58-55-52-50-48-46-44-42-39-30-28-26-24-22-20-17-14-11-8-5-2/h7-8,10-11,16-17,19-20,23-26,29-31,33-34,36-37,39-41,44-47,51,54,67H,4-6,9,12-15,18,21-22,27-28,32,35,38,42-43,48-50,52-53,55-66H2,1-3H3/b10-7-,11-8-,19-16-,20-17-,25-23-,26-24-,31-29-,34-33-,37-36-,39-30-,41-40-,46-44-,47-45-,54-51-. The van der Waals surface area contributed by atoms with Gasteiger partial charge >= 0.3 is 17.9 Å². The molecule has 0 saturated carbocycles. The molecule has 0 aliphatic carbocycles. The highest BCUT2D eigenvalue weighted by Crippen LogP contribution is 2.13. The maximum atomic E-state index is 12.8. The molecule has 1 unspecified atom stereocenters. The summed E-state index contributed by atoms with van der Waals surface area (Å²) >= 11 is 0. The Kier molecular flexibility index (Phi) is 58.0. The van der Waals surface area contributed by atoms with E-state index in [-0.39, 0.29) is 44.0 Å². The molecule has 424 valence electrons. The van der Waals surface area contributed by atoms with Crippen molar-refractivity contribution in [1.82, 2.24) is 0 Å². The molecule has 0 aromatic rings. The Bertz CT molecular complexity index is 1770. The first-order valence-electron chi connectivity index (χ1n) is 30.1. The first-order chi connectivity index (χ1) is 37.5. The molecular formula is C70H108O6. The number of ether oxygens (including phenoxy) is 3. The van der Waals surface area contributed by atoms with Crippen LogP contribution in [0, 0.1) is 0 Å². The van der Waals surface area contributed by atoms with Crippen molar-refractivity contribution in [2.24, 2.45) is 0 Å². The number of esters is 3. The van der Waals surface area contributed by atoms with Crippen LogP contribution in [0.4, 0.5) is 0 Å². The van der Waals surface area contributed by atoms with Gasteiger partial charge in [0, 0.05) is 19.3 Å². The van der Waals surface area contributed by atoms with Gasteiger partial charge in [0.05, 0.1) is 0 Å². The van der Waals surface area contributed by atoms with E-state index in [9.17, 15) is 14.4 Å². The van der Waals surface area contributed by atoms with Gasteiger partial charge in [-0.2, -0.15) is 0 Å². The Labute approximate surface area is 466 Å². The zero-order valence-corrected chi connectivity index (χ0v) is 48.4. The van der Waals surface area contributed by atoms with E-state index >= 15 is 0 Å². The molecule has 0 aliphatic rings. The van der Waals surface area contributed by atoms with Gasteiger partial charge in [-0.25, -0.2) is 0 Å². The predicted octanol–water partition coefficient (Wildman–Crippen LogP) is 20.7. The Morgan fingerprint density at radius 3 is 0.855 bits per heavy atom. The molecular weight excluding hydrogens is 937 g/mol. The zero-order valence-electron chi connectivity index (χ0n) is 48.4. The van der Waals surface area contributed by atoms with Gasteiger partial charge in [-0.05, 0) is 128 Å². The lowest BCUT2D eigenvalue weighted by Gasteiger charge is -2.18. The first-order valence-corrected chi connectivity index (χ1v) is 30.1. The van der Waals surface area contributed by atoms with Crippen molar-refractivity contribution in [3.05, 3.63) is 170 Å². The molecule has 0 aromatic carbocycles. The lowest BCUT2D eigenvalue weighted by atomic mass is 10.1. The maximum Gasteiger partial charge on any atom is 0.306 e. The van der Waals surface area contributed by atoms with Crippen molar-refractivity contribution in [2.45, 2.75) is 239 Å². The third kappa shape index (κ3) is 59.6. The molecule has 0 aliphatic heterocycles. The number of carbonyl (C=O) groups is 3. The number of hydrogen-bond donors (Lipinski definition) is 0. The van der Waals surface area contributed by atoms with Gasteiger partial charge in [0.2, 0.25) is 0 Å². The van der Waals surface area contributed by atoms with E-state index in [0.717, 1.165) is 154 Å². The molecule has 0 heterocycles. The second-order valence-corrected chi connectivity index (χ2v) is 19.1. The van der Waals surface area contributed by atoms with Crippen LogP contribution in [0.1, 0.15) is 233 Å². The average molecular weight is 1050 g/mol. The van der Waals surface area contributed by atoms with Gasteiger partial charge in [0.15, 0.2) is 6.10 Å². The summed E-state index contributed by atoms with van der Waals surface area (Å²) in [5.41, 5.74) is 0. The van der Waals surface area contributed by atoms with Crippen molar-refractivity contribution in [3.8, 4) is 0 Å². The number of carbonyl (C=O) groups excluding carboxylic acids is 3. The monoisotopic (exact) mass is 1040 g/mol. The average Bonchev–Trinajstić information content (AvgIpc) is 3.42. The summed E-state index contributed by atoms with van der Waals surface area (Å²) in [6.45, 7) is 6.30. The fourth-order valence-corrected chi connectivity index (χ4v) is 7.53. The lowest BCUT2D eigenvalue weighted by molar-refractivity contribution is -0.167. The van der Waals surface area contributed by atoms with Crippen LogP contribution < -0.4 is 0 Å². The van der Waals surface area contributed by atoms with E-state index in [2.05, 4.69) is 191 Å². The van der Waals surface area contributed by atoms with E-state index in [1.54, 1.807) is 0 Å². The summed E-state index contributed by atoms with van der Waals surface area (Å²) in [4.78, 5) is 38.0. The fraction of sp³-hybridized carbons (Fsp3) is 0.557. The van der Waals surface area contributed by atoms with Crippen molar-refractivity contribution in [3.63, 3.8) is 0 Å². The second kappa shape index (κ2) is 62.3. The SMILES string of the molecule is CC/C=C\C/C=C\C/C=C\C/C=C\C/C=C\C/C=C\C/C=C\C/C=C\C/C=C\CCCC(=O)OCC(COC(=O)CCCCCCCCCC)OC(=O)CCCCCCC/C=C\C/C=C\C/C=C\C/C=C\C/C=C\CC. The quantitative estimate of drug-likeness (QED) is 0.0261. The van der Waals surface area contributed by atoms with Crippen molar-refractivity contribution < 1.29 is 28.6 Å². The third-order valence-electron chi connectivity index (χ3n) is 12.0. The molecule has 6 heteroatoms. The van der Waals surface area contributed by atoms with E-state index in [1.807, 2.05) is 0 Å². The minimum absolute atomic E-state index is 0.111. The first kappa shape index (κ1) is 70.8. The van der Waals surface area contributed by atoms with Crippen LogP contribution in [0.3, 0.4) is 0 Å². The minimum atomic E-state index is -0.819. The number of rotatable bonds is 52. The molecule has 0 amide bonds. The molecule has 1 atom stereocenters. The highest BCUT2D eigenvalue weighted by atomic mass is 16.6. The Morgan fingerprint density at radius 1 is 0.276 bits per heavy atom. The van der Waals surface area contributed by atoms with Crippen LogP contribution in [0.25, 0.3) is 0 Å². The lowest BCUT2D eigenvalue weighted by Crippen LogP contribution is -2.30. The molecule has 0 saturated heterocycles. The van der Waals surface area contributed by atoms with Crippen LogP contribution in [0.15, 0.2) is 170 Å². The van der Waals surface area contributed by atoms with Gasteiger partial charge in [0.1, 0.15) is 13.2 Å². The second-order valence-electron chi connectivity index (χ2n) is 19.1. The molecule has 0 rings (SSSR count). The summed E-state index contributed by atoms with van der Waals surface area (Å²) in [5, 5.41) is 0. The molecule has 0 fully saturated rings. The molecule has 0 spiro atoms. The molecule has 0 radical (unpaired) electrons. The summed E-state index contributed by atoms with van der Waals surface area (Å²) in [6.07, 6.45) is 92.2. The van der Waals surface area contributed by atoms with E-state index < -0.39 is 6.10 Å². The topological polar surface area (TPSA) is 78.9 Å². The smallest absolute Gasteiger partial charge is 0.306 e. The third-order valence-corrected chi connectivity index (χ3v) is 12.0. The number of allylic oxidation sites excluding steroid dienone is 28. The van der Waals surface area contributed by atoms with Crippen molar-refractivity contribution >= 4 is 17.9 Å². The highest BCUT2D eigenvalue weighted by molar-refractivity contribution is 5.71. The van der Waals surface area contributed by atoms with Gasteiger partial charge < -0.3 is 14.2 Å². The molecule has 6 nitrogen and oxygen atoms in total. The summed E-state index contributed by atoms with van der Waals surface area (Å²) in [7, 11) is 0. The van der Waals surface area contributed by atoms with E-state index in [4.69, 9.17) is 14.2 Å². The van der Waals surface area contributed by atoms with Gasteiger partial charge in [-0.3, -0.25) is 14.4 Å². The number of unbranched alkanes of at least 4 members (excludes halogenated alkanes) is 13. The predicted molar refractivity (Wildman–Crippen MR) is 329 cm³/mol. The van der Waals surface area contributed by atoms with Crippen molar-refractivity contribution in [2.75, 3.05) is 13.2 Å². The van der Waals surface area contributed by atoms with Crippen LogP contribution in [-0.2, 0) is 28.6 Å². The van der Waals surface area contributed by atoms with Gasteiger partial charge in [0.25, 0.3) is 0 Å². The molecule has 0 N–H and O–H groups in total. The highest BCUT2D eigenvalue weighted by Gasteiger charge is 2.19. The van der Waals surface area contributed by atoms with E-state index in [1.165, 1.54) is 32.1 Å². The Morgan fingerprint density at radius 2 is 0.526 bits per heavy atom. The van der Waals surface area contributed by atoms with E-state index in [0.29, 0.717) is 12.8 Å². The Balaban J connectivity index is 4.40. The zero-order chi connectivity index (χ0) is 55.0. The number of hydrogen-bond acceptors (Lipinski definition) is 6. The summed E-state index contributed by atoms with van der Waals surface area (Å²) in [5.74, 6) is -1.01. The van der Waals surface area contributed by atoms with Gasteiger partial charge in [-0.1, -0.05) is 255 Å². The largest absolute Gasteiger partial charge is 0.462 e. The molecule has 0 bridgehead atoms. The van der Waals surface area contributed by atoms with Crippen LogP contribution in [0.2, 0.25) is 0 Å². The van der Waals surface area contributed by atoms with Crippen LogP contribution in [0.5, 0.6) is 0 Å². The Hall–Kier alpha value is -5.23. The summed E-state index contributed by atoms with van der Waals surface area (Å²) < 4.78 is 16.7. The minimum Gasteiger partial charge on any atom is -0.462 e. The maximum absolute atomic E-state index is 12.8. The van der Waals surface area contributed by atoms with Crippen molar-refractivity contribution in [1.29, 1.82) is 0 Å². The normalized spacial score (nSPS) is 13.4. The summed E-state index contributed by atoms with van der Waals surface area (Å²) in [6, 6.07) is 0. The fourth-order valence-electron chi connectivity index (χ4n) is 7.53. The van der Waals surface area contributed by atoms with Gasteiger partial charge in [-0.15, -0.1) is 0 Å². The molecule has 76 heavy (non-hydrogen) atoms. The van der Waals surface area contributed by atoms with Crippen LogP contribution in [-0.4, -0.2) is 37.2 Å². The van der Waals surface area contributed by atoms with Crippen LogP contribution >= 0.6 is 0 Å². The molecule has 0 aromatic heterocycles.